The minimum atomic E-state index is 0.876. The molecule has 21 heavy (non-hydrogen) atoms. The van der Waals surface area contributed by atoms with Crippen LogP contribution in [0.25, 0.3) is 0 Å². The van der Waals surface area contributed by atoms with Crippen molar-refractivity contribution in [3.8, 4) is 0 Å². The van der Waals surface area contributed by atoms with Gasteiger partial charge in [0.1, 0.15) is 0 Å². The van der Waals surface area contributed by atoms with Gasteiger partial charge in [-0.2, -0.15) is 0 Å². The van der Waals surface area contributed by atoms with E-state index < -0.39 is 0 Å². The van der Waals surface area contributed by atoms with Crippen LogP contribution in [0.1, 0.15) is 58.3 Å². The van der Waals surface area contributed by atoms with E-state index in [1.165, 1.54) is 90.6 Å². The molecule has 0 spiro atoms. The monoisotopic (exact) mass is 293 g/mol. The lowest BCUT2D eigenvalue weighted by molar-refractivity contribution is 0.131. The van der Waals surface area contributed by atoms with E-state index in [1.807, 2.05) is 0 Å². The second-order valence-electron chi connectivity index (χ2n) is 7.57. The van der Waals surface area contributed by atoms with E-state index in [2.05, 4.69) is 22.0 Å². The summed E-state index contributed by atoms with van der Waals surface area (Å²) in [5.41, 5.74) is 0. The van der Waals surface area contributed by atoms with Crippen LogP contribution in [0.15, 0.2) is 0 Å². The highest BCUT2D eigenvalue weighted by molar-refractivity contribution is 4.91. The summed E-state index contributed by atoms with van der Waals surface area (Å²) in [5.74, 6) is 0.911. The Hall–Kier alpha value is -0.120. The lowest BCUT2D eigenvalue weighted by atomic mass is 9.97. The number of hydrogen-bond donors (Lipinski definition) is 1. The van der Waals surface area contributed by atoms with E-state index in [9.17, 15) is 0 Å². The molecule has 1 aliphatic carbocycles. The van der Waals surface area contributed by atoms with Gasteiger partial charge in [0.15, 0.2) is 0 Å². The molecule has 0 aromatic heterocycles. The number of nitrogens with zero attached hydrogens (tertiary/aromatic N) is 2. The van der Waals surface area contributed by atoms with Gasteiger partial charge in [0.2, 0.25) is 0 Å². The number of piperidine rings is 1. The normalized spacial score (nSPS) is 32.3. The van der Waals surface area contributed by atoms with Gasteiger partial charge in [-0.1, -0.05) is 6.92 Å². The minimum Gasteiger partial charge on any atom is -0.316 e. The lowest BCUT2D eigenvalue weighted by Gasteiger charge is -2.36. The number of nitrogens with one attached hydrogen (secondary N) is 1. The zero-order chi connectivity index (χ0) is 14.5. The van der Waals surface area contributed by atoms with Gasteiger partial charge in [-0.3, -0.25) is 4.90 Å². The van der Waals surface area contributed by atoms with E-state index in [4.69, 9.17) is 0 Å². The Balaban J connectivity index is 1.53. The molecular formula is C18H35N3. The van der Waals surface area contributed by atoms with Crippen LogP contribution in [0.5, 0.6) is 0 Å². The third kappa shape index (κ3) is 4.67. The van der Waals surface area contributed by atoms with E-state index in [1.54, 1.807) is 0 Å². The van der Waals surface area contributed by atoms with Crippen molar-refractivity contribution in [1.82, 2.24) is 15.1 Å². The Morgan fingerprint density at radius 2 is 1.86 bits per heavy atom. The van der Waals surface area contributed by atoms with Gasteiger partial charge in [0, 0.05) is 18.6 Å². The fourth-order valence-electron chi connectivity index (χ4n) is 4.39. The Morgan fingerprint density at radius 1 is 1.00 bits per heavy atom. The van der Waals surface area contributed by atoms with Gasteiger partial charge in [0.25, 0.3) is 0 Å². The van der Waals surface area contributed by atoms with Gasteiger partial charge < -0.3 is 10.2 Å². The molecule has 122 valence electrons. The first-order chi connectivity index (χ1) is 10.4. The summed E-state index contributed by atoms with van der Waals surface area (Å²) in [6.07, 6.45) is 11.3. The molecule has 3 rings (SSSR count). The predicted octanol–water partition coefficient (Wildman–Crippen LogP) is 2.71. The van der Waals surface area contributed by atoms with Gasteiger partial charge in [-0.05, 0) is 90.0 Å². The fraction of sp³-hybridized carbons (Fsp3) is 1.00. The molecule has 0 aromatic rings. The van der Waals surface area contributed by atoms with Crippen molar-refractivity contribution in [2.75, 3.05) is 39.3 Å². The maximum atomic E-state index is 3.60. The Kier molecular flexibility index (Phi) is 5.96. The van der Waals surface area contributed by atoms with Gasteiger partial charge in [-0.15, -0.1) is 0 Å². The van der Waals surface area contributed by atoms with Gasteiger partial charge in [-0.25, -0.2) is 0 Å². The highest BCUT2D eigenvalue weighted by Gasteiger charge is 2.35. The molecule has 0 bridgehead atoms. The summed E-state index contributed by atoms with van der Waals surface area (Å²) in [5, 5.41) is 3.60. The second-order valence-corrected chi connectivity index (χ2v) is 7.57. The van der Waals surface area contributed by atoms with Crippen molar-refractivity contribution in [1.29, 1.82) is 0 Å². The van der Waals surface area contributed by atoms with Crippen molar-refractivity contribution in [3.63, 3.8) is 0 Å². The van der Waals surface area contributed by atoms with Crippen LogP contribution < -0.4 is 5.32 Å². The summed E-state index contributed by atoms with van der Waals surface area (Å²) < 4.78 is 0. The quantitative estimate of drug-likeness (QED) is 0.812. The molecule has 1 N–H and O–H groups in total. The molecule has 2 atom stereocenters. The molecule has 0 aromatic carbocycles. The molecular weight excluding hydrogens is 258 g/mol. The number of hydrogen-bond acceptors (Lipinski definition) is 3. The topological polar surface area (TPSA) is 18.5 Å². The van der Waals surface area contributed by atoms with Crippen molar-refractivity contribution in [2.24, 2.45) is 5.92 Å². The van der Waals surface area contributed by atoms with Gasteiger partial charge in [0.05, 0.1) is 0 Å². The van der Waals surface area contributed by atoms with Crippen molar-refractivity contribution in [2.45, 2.75) is 70.4 Å². The van der Waals surface area contributed by atoms with Crippen LogP contribution in [0.3, 0.4) is 0 Å². The zero-order valence-corrected chi connectivity index (χ0v) is 14.0. The average molecular weight is 293 g/mol. The van der Waals surface area contributed by atoms with E-state index >= 15 is 0 Å². The first kappa shape index (κ1) is 15.8. The van der Waals surface area contributed by atoms with Crippen LogP contribution in [0.2, 0.25) is 0 Å². The van der Waals surface area contributed by atoms with E-state index in [-0.39, 0.29) is 0 Å². The SMILES string of the molecule is CCCN1CCCC(N(CC2CCCNC2)C2CC2)CC1. The third-order valence-corrected chi connectivity index (χ3v) is 5.68. The predicted molar refractivity (Wildman–Crippen MR) is 89.7 cm³/mol. The molecule has 3 aliphatic rings. The summed E-state index contributed by atoms with van der Waals surface area (Å²) in [7, 11) is 0. The zero-order valence-electron chi connectivity index (χ0n) is 14.0. The largest absolute Gasteiger partial charge is 0.316 e. The molecule has 2 saturated heterocycles. The van der Waals surface area contributed by atoms with Crippen molar-refractivity contribution in [3.05, 3.63) is 0 Å². The summed E-state index contributed by atoms with van der Waals surface area (Å²) in [6, 6.07) is 1.82. The first-order valence-electron chi connectivity index (χ1n) is 9.55. The highest BCUT2D eigenvalue weighted by atomic mass is 15.2. The smallest absolute Gasteiger partial charge is 0.0111 e. The summed E-state index contributed by atoms with van der Waals surface area (Å²) in [6.45, 7) is 10.2. The van der Waals surface area contributed by atoms with Gasteiger partial charge >= 0.3 is 0 Å². The molecule has 0 amide bonds. The standard InChI is InChI=1S/C18H35N3/c1-2-11-20-12-4-6-17(9-13-20)21(18-7-8-18)15-16-5-3-10-19-14-16/h16-19H,2-15H2,1H3. The molecule has 2 aliphatic heterocycles. The molecule has 2 heterocycles. The Morgan fingerprint density at radius 3 is 2.57 bits per heavy atom. The number of rotatable bonds is 6. The van der Waals surface area contributed by atoms with Crippen molar-refractivity contribution < 1.29 is 0 Å². The number of likely N-dealkylation sites (tertiary alicyclic amines) is 1. The molecule has 1 saturated carbocycles. The Labute approximate surface area is 131 Å². The molecule has 3 fully saturated rings. The molecule has 3 nitrogen and oxygen atoms in total. The molecule has 2 unspecified atom stereocenters. The second kappa shape index (κ2) is 7.94. The first-order valence-corrected chi connectivity index (χ1v) is 9.55. The molecule has 0 radical (unpaired) electrons. The van der Waals surface area contributed by atoms with Crippen molar-refractivity contribution >= 4 is 0 Å². The van der Waals surface area contributed by atoms with Crippen LogP contribution >= 0.6 is 0 Å². The van der Waals surface area contributed by atoms with Crippen LogP contribution in [-0.2, 0) is 0 Å². The Bertz CT molecular complexity index is 297. The van der Waals surface area contributed by atoms with Crippen LogP contribution in [-0.4, -0.2) is 61.2 Å². The van der Waals surface area contributed by atoms with Crippen LogP contribution in [0, 0.1) is 5.92 Å². The third-order valence-electron chi connectivity index (χ3n) is 5.68. The maximum absolute atomic E-state index is 3.60. The van der Waals surface area contributed by atoms with E-state index in [0.717, 1.165) is 18.0 Å². The van der Waals surface area contributed by atoms with Crippen LogP contribution in [0.4, 0.5) is 0 Å². The average Bonchev–Trinajstić information content (AvgIpc) is 3.34. The summed E-state index contributed by atoms with van der Waals surface area (Å²) in [4.78, 5) is 5.64. The maximum Gasteiger partial charge on any atom is 0.0111 e. The lowest BCUT2D eigenvalue weighted by Crippen LogP contribution is -2.44. The highest BCUT2D eigenvalue weighted by Crippen LogP contribution is 2.33. The summed E-state index contributed by atoms with van der Waals surface area (Å²) >= 11 is 0. The van der Waals surface area contributed by atoms with E-state index in [0.29, 0.717) is 0 Å². The molecule has 3 heteroatoms. The fourth-order valence-corrected chi connectivity index (χ4v) is 4.39. The minimum absolute atomic E-state index is 0.876.